The molecule has 0 aliphatic rings. The molecule has 0 saturated heterocycles. The van der Waals surface area contributed by atoms with Gasteiger partial charge in [-0.15, -0.1) is 5.10 Å². The molecule has 0 aromatic carbocycles. The summed E-state index contributed by atoms with van der Waals surface area (Å²) in [5, 5.41) is 12.2. The van der Waals surface area contributed by atoms with Gasteiger partial charge < -0.3 is 5.32 Å². The van der Waals surface area contributed by atoms with E-state index in [0.29, 0.717) is 12.0 Å². The third-order valence-corrected chi connectivity index (χ3v) is 4.51. The van der Waals surface area contributed by atoms with Crippen molar-refractivity contribution in [3.05, 3.63) is 28.5 Å². The van der Waals surface area contributed by atoms with Crippen LogP contribution in [0, 0.1) is 0 Å². The van der Waals surface area contributed by atoms with Gasteiger partial charge in [0.05, 0.1) is 10.6 Å². The summed E-state index contributed by atoms with van der Waals surface area (Å²) in [6, 6.07) is 2.42. The van der Waals surface area contributed by atoms with Crippen LogP contribution in [0.15, 0.2) is 12.3 Å². The standard InChI is InChI=1S/C15H25N5S/c1-5-9-16-13(7-6-12-8-10-17-20(12)4)15-14(11(2)3)18-19-21-15/h8,10-11,13,16H,5-7,9H2,1-4H3. The second-order valence-electron chi connectivity index (χ2n) is 5.67. The van der Waals surface area contributed by atoms with Gasteiger partial charge in [-0.3, -0.25) is 4.68 Å². The maximum absolute atomic E-state index is 4.32. The van der Waals surface area contributed by atoms with Crippen molar-refractivity contribution in [2.45, 2.75) is 52.0 Å². The first kappa shape index (κ1) is 16.1. The molecule has 0 spiro atoms. The van der Waals surface area contributed by atoms with Crippen molar-refractivity contribution in [2.24, 2.45) is 7.05 Å². The first-order chi connectivity index (χ1) is 10.1. The highest BCUT2D eigenvalue weighted by atomic mass is 32.1. The van der Waals surface area contributed by atoms with Gasteiger partial charge in [-0.1, -0.05) is 25.3 Å². The summed E-state index contributed by atoms with van der Waals surface area (Å²) in [4.78, 5) is 1.29. The summed E-state index contributed by atoms with van der Waals surface area (Å²) in [6.07, 6.45) is 5.04. The second-order valence-corrected chi connectivity index (χ2v) is 6.45. The normalized spacial score (nSPS) is 13.0. The quantitative estimate of drug-likeness (QED) is 0.814. The van der Waals surface area contributed by atoms with Crippen LogP contribution in [0.3, 0.4) is 0 Å². The topological polar surface area (TPSA) is 55.6 Å². The lowest BCUT2D eigenvalue weighted by molar-refractivity contribution is 0.492. The van der Waals surface area contributed by atoms with Gasteiger partial charge in [0.2, 0.25) is 0 Å². The minimum absolute atomic E-state index is 0.331. The average molecular weight is 307 g/mol. The molecule has 1 unspecified atom stereocenters. The van der Waals surface area contributed by atoms with Gasteiger partial charge >= 0.3 is 0 Å². The van der Waals surface area contributed by atoms with Crippen molar-refractivity contribution in [3.8, 4) is 0 Å². The van der Waals surface area contributed by atoms with Gasteiger partial charge in [-0.05, 0) is 49.3 Å². The Kier molecular flexibility index (Phi) is 5.87. The molecular formula is C15H25N5S. The molecule has 0 saturated carbocycles. The van der Waals surface area contributed by atoms with Crippen molar-refractivity contribution < 1.29 is 0 Å². The van der Waals surface area contributed by atoms with Crippen LogP contribution in [-0.2, 0) is 13.5 Å². The first-order valence-corrected chi connectivity index (χ1v) is 8.43. The minimum atomic E-state index is 0.331. The molecule has 2 rings (SSSR count). The van der Waals surface area contributed by atoms with Crippen molar-refractivity contribution in [1.29, 1.82) is 0 Å². The van der Waals surface area contributed by atoms with E-state index in [-0.39, 0.29) is 0 Å². The number of rotatable bonds is 8. The molecular weight excluding hydrogens is 282 g/mol. The zero-order valence-corrected chi connectivity index (χ0v) is 14.2. The summed E-state index contributed by atoms with van der Waals surface area (Å²) >= 11 is 1.53. The van der Waals surface area contributed by atoms with E-state index in [0.717, 1.165) is 31.5 Å². The van der Waals surface area contributed by atoms with Gasteiger partial charge in [0.25, 0.3) is 0 Å². The van der Waals surface area contributed by atoms with E-state index in [1.165, 1.54) is 22.1 Å². The van der Waals surface area contributed by atoms with Crippen LogP contribution in [0.4, 0.5) is 0 Å². The van der Waals surface area contributed by atoms with Crippen LogP contribution in [0.1, 0.15) is 61.8 Å². The Hall–Kier alpha value is -1.27. The van der Waals surface area contributed by atoms with E-state index in [2.05, 4.69) is 46.8 Å². The molecule has 2 aromatic rings. The van der Waals surface area contributed by atoms with Crippen molar-refractivity contribution in [1.82, 2.24) is 24.7 Å². The largest absolute Gasteiger partial charge is 0.309 e. The molecule has 0 bridgehead atoms. The monoisotopic (exact) mass is 307 g/mol. The first-order valence-electron chi connectivity index (χ1n) is 7.65. The number of aryl methyl sites for hydroxylation is 2. The Labute approximate surface area is 130 Å². The van der Waals surface area contributed by atoms with Gasteiger partial charge in [-0.25, -0.2) is 0 Å². The average Bonchev–Trinajstić information content (AvgIpc) is 3.08. The molecule has 0 aliphatic heterocycles. The highest BCUT2D eigenvalue weighted by Gasteiger charge is 2.21. The van der Waals surface area contributed by atoms with Crippen molar-refractivity contribution in [2.75, 3.05) is 6.54 Å². The van der Waals surface area contributed by atoms with Gasteiger partial charge in [0.15, 0.2) is 0 Å². The minimum Gasteiger partial charge on any atom is -0.309 e. The lowest BCUT2D eigenvalue weighted by atomic mass is 10.0. The Morgan fingerprint density at radius 3 is 2.81 bits per heavy atom. The van der Waals surface area contributed by atoms with E-state index < -0.39 is 0 Å². The number of nitrogens with zero attached hydrogens (tertiary/aromatic N) is 4. The predicted molar refractivity (Wildman–Crippen MR) is 86.6 cm³/mol. The zero-order valence-electron chi connectivity index (χ0n) is 13.3. The molecule has 0 aliphatic carbocycles. The molecule has 2 heterocycles. The summed E-state index contributed by atoms with van der Waals surface area (Å²) in [5.41, 5.74) is 2.40. The van der Waals surface area contributed by atoms with Crippen LogP contribution >= 0.6 is 11.5 Å². The molecule has 0 fully saturated rings. The van der Waals surface area contributed by atoms with E-state index in [1.54, 1.807) is 0 Å². The van der Waals surface area contributed by atoms with Crippen molar-refractivity contribution >= 4 is 11.5 Å². The fourth-order valence-electron chi connectivity index (χ4n) is 2.43. The SMILES string of the molecule is CCCNC(CCc1ccnn1C)c1snnc1C(C)C. The summed E-state index contributed by atoms with van der Waals surface area (Å²) in [6.45, 7) is 7.57. The molecule has 0 radical (unpaired) electrons. The van der Waals surface area contributed by atoms with Gasteiger partial charge in [-0.2, -0.15) is 5.10 Å². The maximum atomic E-state index is 4.32. The Morgan fingerprint density at radius 2 is 2.19 bits per heavy atom. The van der Waals surface area contributed by atoms with Crippen LogP contribution in [0.2, 0.25) is 0 Å². The highest BCUT2D eigenvalue weighted by molar-refractivity contribution is 7.05. The van der Waals surface area contributed by atoms with Crippen LogP contribution in [0.25, 0.3) is 0 Å². The fourth-order valence-corrected chi connectivity index (χ4v) is 3.34. The zero-order chi connectivity index (χ0) is 15.2. The van der Waals surface area contributed by atoms with Crippen LogP contribution < -0.4 is 5.32 Å². The van der Waals surface area contributed by atoms with E-state index in [1.807, 2.05) is 17.9 Å². The van der Waals surface area contributed by atoms with E-state index in [4.69, 9.17) is 0 Å². The van der Waals surface area contributed by atoms with Crippen LogP contribution in [0.5, 0.6) is 0 Å². The molecule has 5 nitrogen and oxygen atoms in total. The third-order valence-electron chi connectivity index (χ3n) is 3.66. The number of nitrogens with one attached hydrogen (secondary N) is 1. The lowest BCUT2D eigenvalue weighted by Gasteiger charge is -2.18. The summed E-state index contributed by atoms with van der Waals surface area (Å²) in [5.74, 6) is 0.418. The molecule has 116 valence electrons. The highest BCUT2D eigenvalue weighted by Crippen LogP contribution is 2.29. The smallest absolute Gasteiger partial charge is 0.0829 e. The Balaban J connectivity index is 2.10. The second kappa shape index (κ2) is 7.66. The van der Waals surface area contributed by atoms with Gasteiger partial charge in [0.1, 0.15) is 0 Å². The molecule has 2 aromatic heterocycles. The maximum Gasteiger partial charge on any atom is 0.0829 e. The number of hydrogen-bond donors (Lipinski definition) is 1. The predicted octanol–water partition coefficient (Wildman–Crippen LogP) is 3.07. The lowest BCUT2D eigenvalue weighted by Crippen LogP contribution is -2.23. The molecule has 21 heavy (non-hydrogen) atoms. The molecule has 1 atom stereocenters. The number of aromatic nitrogens is 4. The van der Waals surface area contributed by atoms with Crippen molar-refractivity contribution in [3.63, 3.8) is 0 Å². The third kappa shape index (κ3) is 4.11. The van der Waals surface area contributed by atoms with E-state index >= 15 is 0 Å². The Bertz CT molecular complexity index is 546. The van der Waals surface area contributed by atoms with E-state index in [9.17, 15) is 0 Å². The summed E-state index contributed by atoms with van der Waals surface area (Å²) in [7, 11) is 2.00. The number of hydrogen-bond acceptors (Lipinski definition) is 5. The summed E-state index contributed by atoms with van der Waals surface area (Å²) < 4.78 is 6.12. The molecule has 0 amide bonds. The molecule has 6 heteroatoms. The fraction of sp³-hybridized carbons (Fsp3) is 0.667. The van der Waals surface area contributed by atoms with Crippen LogP contribution in [-0.4, -0.2) is 25.9 Å². The van der Waals surface area contributed by atoms with Gasteiger partial charge in [0, 0.05) is 25.0 Å². The Morgan fingerprint density at radius 1 is 1.38 bits per heavy atom. The molecule has 1 N–H and O–H groups in total.